The summed E-state index contributed by atoms with van der Waals surface area (Å²) in [5.41, 5.74) is 0. The lowest BCUT2D eigenvalue weighted by Gasteiger charge is -2.21. The van der Waals surface area contributed by atoms with Crippen molar-refractivity contribution in [3.05, 3.63) is 0 Å². The predicted octanol–water partition coefficient (Wildman–Crippen LogP) is -0.357. The zero-order chi connectivity index (χ0) is 15.0. The highest BCUT2D eigenvalue weighted by Crippen LogP contribution is 2.02. The van der Waals surface area contributed by atoms with Crippen LogP contribution in [-0.2, 0) is 9.59 Å². The fraction of sp³-hybridized carbons (Fsp3) is 0.846. The third-order valence-electron chi connectivity index (χ3n) is 3.02. The molecular formula is C13H26N2O4. The first-order chi connectivity index (χ1) is 8.81. The molecule has 0 aliphatic heterocycles. The molecule has 0 aliphatic carbocycles. The van der Waals surface area contributed by atoms with Crippen molar-refractivity contribution in [2.24, 2.45) is 11.8 Å². The summed E-state index contributed by atoms with van der Waals surface area (Å²) in [6.45, 7) is 7.19. The van der Waals surface area contributed by atoms with E-state index in [1.807, 2.05) is 27.7 Å². The van der Waals surface area contributed by atoms with E-state index in [9.17, 15) is 9.59 Å². The molecular weight excluding hydrogens is 248 g/mol. The van der Waals surface area contributed by atoms with Gasteiger partial charge in [-0.25, -0.2) is 0 Å². The number of carbonyl (C=O) groups excluding carboxylic acids is 2. The number of carbonyl (C=O) groups is 2. The summed E-state index contributed by atoms with van der Waals surface area (Å²) in [6.07, 6.45) is -0.299. The van der Waals surface area contributed by atoms with Gasteiger partial charge in [-0.05, 0) is 11.8 Å². The first-order valence-corrected chi connectivity index (χ1v) is 6.62. The van der Waals surface area contributed by atoms with Crippen LogP contribution in [0.2, 0.25) is 0 Å². The second-order valence-electron chi connectivity index (χ2n) is 5.38. The molecule has 0 unspecified atom stereocenters. The van der Waals surface area contributed by atoms with Gasteiger partial charge < -0.3 is 20.8 Å². The average molecular weight is 274 g/mol. The van der Waals surface area contributed by atoms with Crippen molar-refractivity contribution in [2.75, 3.05) is 13.2 Å². The van der Waals surface area contributed by atoms with Crippen LogP contribution in [-0.4, -0.2) is 47.3 Å². The highest BCUT2D eigenvalue weighted by molar-refractivity contribution is 5.97. The van der Waals surface area contributed by atoms with E-state index in [0.29, 0.717) is 0 Å². The van der Waals surface area contributed by atoms with E-state index in [1.54, 1.807) is 0 Å². The Hall–Kier alpha value is -1.14. The van der Waals surface area contributed by atoms with Gasteiger partial charge in [0.05, 0.1) is 25.3 Å². The zero-order valence-corrected chi connectivity index (χ0v) is 12.1. The van der Waals surface area contributed by atoms with Gasteiger partial charge in [-0.3, -0.25) is 9.59 Å². The van der Waals surface area contributed by atoms with Crippen LogP contribution in [0.3, 0.4) is 0 Å². The number of aliphatic hydroxyl groups is 2. The first-order valence-electron chi connectivity index (χ1n) is 6.62. The standard InChI is InChI=1S/C13H26N2O4/c1-8(2)10(6-16)14-12(18)5-13(19)15-11(7-17)9(3)4/h8-11,16-17H,5-7H2,1-4H3,(H,14,18)(H,15,19)/t10-,11-/m0/s1. The van der Waals surface area contributed by atoms with Gasteiger partial charge in [-0.1, -0.05) is 27.7 Å². The smallest absolute Gasteiger partial charge is 0.229 e. The number of nitrogens with one attached hydrogen (secondary N) is 2. The monoisotopic (exact) mass is 274 g/mol. The Morgan fingerprint density at radius 2 is 1.16 bits per heavy atom. The Bertz CT molecular complexity index is 264. The maximum atomic E-state index is 11.6. The van der Waals surface area contributed by atoms with Crippen LogP contribution in [0.4, 0.5) is 0 Å². The molecule has 0 aromatic heterocycles. The Morgan fingerprint density at radius 1 is 0.842 bits per heavy atom. The molecule has 2 atom stereocenters. The quantitative estimate of drug-likeness (QED) is 0.454. The molecule has 6 nitrogen and oxygen atoms in total. The van der Waals surface area contributed by atoms with E-state index in [1.165, 1.54) is 0 Å². The van der Waals surface area contributed by atoms with Crippen LogP contribution in [0.25, 0.3) is 0 Å². The van der Waals surface area contributed by atoms with Gasteiger partial charge >= 0.3 is 0 Å². The molecule has 0 saturated carbocycles. The third-order valence-corrected chi connectivity index (χ3v) is 3.02. The summed E-state index contributed by atoms with van der Waals surface area (Å²) in [7, 11) is 0. The molecule has 0 bridgehead atoms. The Morgan fingerprint density at radius 3 is 1.37 bits per heavy atom. The van der Waals surface area contributed by atoms with Gasteiger partial charge in [-0.15, -0.1) is 0 Å². The van der Waals surface area contributed by atoms with Crippen LogP contribution in [0, 0.1) is 11.8 Å². The molecule has 19 heavy (non-hydrogen) atoms. The Labute approximate surface area is 114 Å². The molecule has 6 heteroatoms. The van der Waals surface area contributed by atoms with Crippen LogP contribution >= 0.6 is 0 Å². The molecule has 0 aromatic rings. The van der Waals surface area contributed by atoms with E-state index >= 15 is 0 Å². The lowest BCUT2D eigenvalue weighted by Crippen LogP contribution is -2.46. The van der Waals surface area contributed by atoms with Gasteiger partial charge in [0.15, 0.2) is 0 Å². The molecule has 0 spiro atoms. The van der Waals surface area contributed by atoms with Crippen LogP contribution in [0.5, 0.6) is 0 Å². The maximum absolute atomic E-state index is 11.6. The molecule has 0 aliphatic rings. The molecule has 2 amide bonds. The number of amides is 2. The van der Waals surface area contributed by atoms with E-state index in [4.69, 9.17) is 10.2 Å². The lowest BCUT2D eigenvalue weighted by molar-refractivity contribution is -0.130. The number of aliphatic hydroxyl groups excluding tert-OH is 2. The minimum atomic E-state index is -0.425. The lowest BCUT2D eigenvalue weighted by atomic mass is 10.0. The second-order valence-corrected chi connectivity index (χ2v) is 5.38. The van der Waals surface area contributed by atoms with Gasteiger partial charge in [0.1, 0.15) is 6.42 Å². The van der Waals surface area contributed by atoms with Gasteiger partial charge in [0.2, 0.25) is 11.8 Å². The van der Waals surface area contributed by atoms with E-state index in [2.05, 4.69) is 10.6 Å². The zero-order valence-electron chi connectivity index (χ0n) is 12.1. The highest BCUT2D eigenvalue weighted by Gasteiger charge is 2.20. The number of hydrogen-bond donors (Lipinski definition) is 4. The van der Waals surface area contributed by atoms with Crippen molar-refractivity contribution in [3.8, 4) is 0 Å². The van der Waals surface area contributed by atoms with Gasteiger partial charge in [0.25, 0.3) is 0 Å². The molecule has 0 rings (SSSR count). The summed E-state index contributed by atoms with van der Waals surface area (Å²) in [4.78, 5) is 23.2. The SMILES string of the molecule is CC(C)[C@H](CO)NC(=O)CC(=O)N[C@@H](CO)C(C)C. The van der Waals surface area contributed by atoms with Crippen molar-refractivity contribution in [1.29, 1.82) is 0 Å². The Kier molecular flexibility index (Phi) is 8.34. The molecule has 0 radical (unpaired) electrons. The Balaban J connectivity index is 4.22. The molecule has 4 N–H and O–H groups in total. The number of rotatable bonds is 8. The number of hydrogen-bond acceptors (Lipinski definition) is 4. The van der Waals surface area contributed by atoms with Crippen LogP contribution in [0.1, 0.15) is 34.1 Å². The maximum Gasteiger partial charge on any atom is 0.229 e. The summed E-state index contributed by atoms with van der Waals surface area (Å²) in [5.74, 6) is -0.660. The second kappa shape index (κ2) is 8.87. The minimum Gasteiger partial charge on any atom is -0.394 e. The van der Waals surface area contributed by atoms with Crippen molar-refractivity contribution < 1.29 is 19.8 Å². The summed E-state index contributed by atoms with van der Waals surface area (Å²) in [5, 5.41) is 23.4. The molecule has 0 aromatic carbocycles. The van der Waals surface area contributed by atoms with E-state index in [0.717, 1.165) is 0 Å². The first kappa shape index (κ1) is 17.9. The fourth-order valence-electron chi connectivity index (χ4n) is 1.51. The van der Waals surface area contributed by atoms with E-state index < -0.39 is 11.8 Å². The normalized spacial score (nSPS) is 14.3. The van der Waals surface area contributed by atoms with E-state index in [-0.39, 0.29) is 43.6 Å². The largest absolute Gasteiger partial charge is 0.394 e. The minimum absolute atomic E-state index is 0.0952. The van der Waals surface area contributed by atoms with Crippen molar-refractivity contribution in [3.63, 3.8) is 0 Å². The summed E-state index contributed by atoms with van der Waals surface area (Å²) >= 11 is 0. The van der Waals surface area contributed by atoms with Crippen molar-refractivity contribution in [2.45, 2.75) is 46.2 Å². The average Bonchev–Trinajstić information content (AvgIpc) is 2.32. The predicted molar refractivity (Wildman–Crippen MR) is 72.3 cm³/mol. The van der Waals surface area contributed by atoms with Gasteiger partial charge in [0, 0.05) is 0 Å². The van der Waals surface area contributed by atoms with Gasteiger partial charge in [-0.2, -0.15) is 0 Å². The van der Waals surface area contributed by atoms with Crippen molar-refractivity contribution >= 4 is 11.8 Å². The fourth-order valence-corrected chi connectivity index (χ4v) is 1.51. The molecule has 0 heterocycles. The van der Waals surface area contributed by atoms with Crippen LogP contribution in [0.15, 0.2) is 0 Å². The molecule has 112 valence electrons. The highest BCUT2D eigenvalue weighted by atomic mass is 16.3. The molecule has 0 fully saturated rings. The third kappa shape index (κ3) is 7.12. The summed E-state index contributed by atoms with van der Waals surface area (Å²) < 4.78 is 0. The van der Waals surface area contributed by atoms with Crippen LogP contribution < -0.4 is 10.6 Å². The topological polar surface area (TPSA) is 98.7 Å². The molecule has 0 saturated heterocycles. The summed E-state index contributed by atoms with van der Waals surface area (Å²) in [6, 6.07) is -0.696. The van der Waals surface area contributed by atoms with Crippen molar-refractivity contribution in [1.82, 2.24) is 10.6 Å².